The first-order valence-corrected chi connectivity index (χ1v) is 8.13. The van der Waals surface area contributed by atoms with Crippen molar-refractivity contribution in [2.75, 3.05) is 6.61 Å². The lowest BCUT2D eigenvalue weighted by molar-refractivity contribution is 0.0697. The number of carboxylic acids is 1. The molecule has 122 valence electrons. The molecule has 0 spiro atoms. The van der Waals surface area contributed by atoms with Gasteiger partial charge in [-0.1, -0.05) is 44.5 Å². The second-order valence-corrected chi connectivity index (χ2v) is 6.14. The normalized spacial score (nSPS) is 10.7. The van der Waals surface area contributed by atoms with Gasteiger partial charge in [0.05, 0.1) is 12.2 Å². The van der Waals surface area contributed by atoms with Crippen LogP contribution in [0.1, 0.15) is 43.5 Å². The molecule has 0 saturated heterocycles. The predicted molar refractivity (Wildman–Crippen MR) is 93.0 cm³/mol. The lowest BCUT2D eigenvalue weighted by Gasteiger charge is -2.08. The van der Waals surface area contributed by atoms with Gasteiger partial charge in [0, 0.05) is 0 Å². The summed E-state index contributed by atoms with van der Waals surface area (Å²) in [6, 6.07) is 14.8. The Labute approximate surface area is 137 Å². The molecule has 0 atom stereocenters. The van der Waals surface area contributed by atoms with E-state index in [2.05, 4.69) is 13.8 Å². The summed E-state index contributed by atoms with van der Waals surface area (Å²) in [6.45, 7) is 5.23. The third-order valence-corrected chi connectivity index (χ3v) is 3.76. The highest BCUT2D eigenvalue weighted by atomic mass is 16.5. The number of benzene rings is 2. The highest BCUT2D eigenvalue weighted by Crippen LogP contribution is 2.23. The Hall–Kier alpha value is -2.29. The van der Waals surface area contributed by atoms with Crippen LogP contribution in [0.2, 0.25) is 0 Å². The number of carbonyl (C=O) groups is 1. The molecule has 0 aliphatic carbocycles. The van der Waals surface area contributed by atoms with Gasteiger partial charge >= 0.3 is 5.97 Å². The van der Waals surface area contributed by atoms with Gasteiger partial charge in [0.15, 0.2) is 0 Å². The largest absolute Gasteiger partial charge is 0.494 e. The average molecular weight is 312 g/mol. The monoisotopic (exact) mass is 312 g/mol. The van der Waals surface area contributed by atoms with Crippen LogP contribution in [0.4, 0.5) is 0 Å². The van der Waals surface area contributed by atoms with Crippen LogP contribution in [-0.2, 0) is 0 Å². The first-order chi connectivity index (χ1) is 11.1. The molecule has 0 fully saturated rings. The Bertz CT molecular complexity index is 612. The molecule has 0 unspecified atom stereocenters. The maximum atomic E-state index is 10.9. The smallest absolute Gasteiger partial charge is 0.335 e. The highest BCUT2D eigenvalue weighted by Gasteiger charge is 2.03. The summed E-state index contributed by atoms with van der Waals surface area (Å²) in [5.41, 5.74) is 2.35. The van der Waals surface area contributed by atoms with Crippen molar-refractivity contribution in [2.24, 2.45) is 5.92 Å². The molecule has 2 rings (SSSR count). The van der Waals surface area contributed by atoms with Gasteiger partial charge in [-0.15, -0.1) is 0 Å². The Balaban J connectivity index is 1.87. The zero-order chi connectivity index (χ0) is 16.7. The molecular formula is C20H24O3. The van der Waals surface area contributed by atoms with Crippen molar-refractivity contribution >= 4 is 5.97 Å². The lowest BCUT2D eigenvalue weighted by Crippen LogP contribution is -1.98. The van der Waals surface area contributed by atoms with Crippen molar-refractivity contribution in [3.8, 4) is 16.9 Å². The van der Waals surface area contributed by atoms with E-state index in [1.54, 1.807) is 12.1 Å². The molecule has 0 aliphatic rings. The number of unbranched alkanes of at least 4 members (excludes halogenated alkanes) is 1. The molecule has 0 aliphatic heterocycles. The summed E-state index contributed by atoms with van der Waals surface area (Å²) in [5.74, 6) is 0.722. The number of carboxylic acid groups (broad SMARTS) is 1. The highest BCUT2D eigenvalue weighted by molar-refractivity contribution is 5.88. The van der Waals surface area contributed by atoms with E-state index in [-0.39, 0.29) is 0 Å². The van der Waals surface area contributed by atoms with Crippen LogP contribution in [0.25, 0.3) is 11.1 Å². The number of hydrogen-bond donors (Lipinski definition) is 1. The molecule has 0 amide bonds. The first kappa shape index (κ1) is 17.1. The van der Waals surface area contributed by atoms with Gasteiger partial charge in [-0.3, -0.25) is 0 Å². The van der Waals surface area contributed by atoms with Gasteiger partial charge in [0.2, 0.25) is 0 Å². The van der Waals surface area contributed by atoms with Crippen molar-refractivity contribution in [2.45, 2.75) is 33.1 Å². The molecule has 0 saturated carbocycles. The van der Waals surface area contributed by atoms with Crippen molar-refractivity contribution in [3.63, 3.8) is 0 Å². The van der Waals surface area contributed by atoms with E-state index >= 15 is 0 Å². The van der Waals surface area contributed by atoms with Crippen molar-refractivity contribution in [3.05, 3.63) is 54.1 Å². The second kappa shape index (κ2) is 8.37. The molecule has 3 nitrogen and oxygen atoms in total. The summed E-state index contributed by atoms with van der Waals surface area (Å²) in [6.07, 6.45) is 3.52. The topological polar surface area (TPSA) is 46.5 Å². The molecule has 3 heteroatoms. The van der Waals surface area contributed by atoms with Gasteiger partial charge in [-0.05, 0) is 54.2 Å². The van der Waals surface area contributed by atoms with E-state index in [4.69, 9.17) is 9.84 Å². The molecule has 0 bridgehead atoms. The van der Waals surface area contributed by atoms with Gasteiger partial charge in [0.1, 0.15) is 5.75 Å². The van der Waals surface area contributed by atoms with E-state index in [0.717, 1.165) is 35.8 Å². The number of aromatic carboxylic acids is 1. The third-order valence-electron chi connectivity index (χ3n) is 3.76. The van der Waals surface area contributed by atoms with Gasteiger partial charge in [0.25, 0.3) is 0 Å². The molecule has 23 heavy (non-hydrogen) atoms. The van der Waals surface area contributed by atoms with E-state index in [0.29, 0.717) is 5.56 Å². The fraction of sp³-hybridized carbons (Fsp3) is 0.350. The first-order valence-electron chi connectivity index (χ1n) is 8.13. The van der Waals surface area contributed by atoms with Crippen molar-refractivity contribution < 1.29 is 14.6 Å². The quantitative estimate of drug-likeness (QED) is 0.677. The minimum absolute atomic E-state index is 0.301. The second-order valence-electron chi connectivity index (χ2n) is 6.14. The third kappa shape index (κ3) is 5.44. The summed E-state index contributed by atoms with van der Waals surface area (Å²) in [7, 11) is 0. The summed E-state index contributed by atoms with van der Waals surface area (Å²) in [4.78, 5) is 10.9. The SMILES string of the molecule is CC(C)CCCCOc1ccc(-c2ccc(C(=O)O)cc2)cc1. The Morgan fingerprint density at radius 1 is 0.957 bits per heavy atom. The zero-order valence-corrected chi connectivity index (χ0v) is 13.8. The average Bonchev–Trinajstić information content (AvgIpc) is 2.55. The van der Waals surface area contributed by atoms with Crippen molar-refractivity contribution in [1.82, 2.24) is 0 Å². The molecule has 2 aromatic rings. The molecular weight excluding hydrogens is 288 g/mol. The minimum atomic E-state index is -0.905. The van der Waals surface area contributed by atoms with Crippen LogP contribution in [0.15, 0.2) is 48.5 Å². The molecule has 2 aromatic carbocycles. The van der Waals surface area contributed by atoms with Gasteiger partial charge in [-0.25, -0.2) is 4.79 Å². The standard InChI is InChI=1S/C20H24O3/c1-15(2)5-3-4-14-23-19-12-10-17(11-13-19)16-6-8-18(9-7-16)20(21)22/h6-13,15H,3-5,14H2,1-2H3,(H,21,22). The van der Waals surface area contributed by atoms with Crippen LogP contribution in [0.5, 0.6) is 5.75 Å². The van der Waals surface area contributed by atoms with Gasteiger partial charge < -0.3 is 9.84 Å². The maximum absolute atomic E-state index is 10.9. The lowest BCUT2D eigenvalue weighted by atomic mass is 10.0. The van der Waals surface area contributed by atoms with E-state index in [9.17, 15) is 4.79 Å². The van der Waals surface area contributed by atoms with Crippen LogP contribution < -0.4 is 4.74 Å². The fourth-order valence-electron chi connectivity index (χ4n) is 2.39. The Kier molecular flexibility index (Phi) is 6.21. The van der Waals surface area contributed by atoms with Gasteiger partial charge in [-0.2, -0.15) is 0 Å². The van der Waals surface area contributed by atoms with Crippen molar-refractivity contribution in [1.29, 1.82) is 0 Å². The molecule has 0 heterocycles. The Morgan fingerprint density at radius 2 is 1.52 bits per heavy atom. The van der Waals surface area contributed by atoms with E-state index in [1.165, 1.54) is 12.8 Å². The predicted octanol–water partition coefficient (Wildman–Crippen LogP) is 5.26. The van der Waals surface area contributed by atoms with Crippen LogP contribution in [-0.4, -0.2) is 17.7 Å². The minimum Gasteiger partial charge on any atom is -0.494 e. The molecule has 0 aromatic heterocycles. The van der Waals surface area contributed by atoms with Crippen LogP contribution in [0.3, 0.4) is 0 Å². The molecule has 1 N–H and O–H groups in total. The zero-order valence-electron chi connectivity index (χ0n) is 13.8. The van der Waals surface area contributed by atoms with E-state index < -0.39 is 5.97 Å². The van der Waals surface area contributed by atoms with Crippen LogP contribution >= 0.6 is 0 Å². The number of ether oxygens (including phenoxy) is 1. The Morgan fingerprint density at radius 3 is 2.04 bits per heavy atom. The summed E-state index contributed by atoms with van der Waals surface area (Å²) >= 11 is 0. The van der Waals surface area contributed by atoms with Crippen LogP contribution in [0, 0.1) is 5.92 Å². The number of rotatable bonds is 8. The van der Waals surface area contributed by atoms with E-state index in [1.807, 2.05) is 36.4 Å². The summed E-state index contributed by atoms with van der Waals surface area (Å²) in [5, 5.41) is 8.92. The maximum Gasteiger partial charge on any atom is 0.335 e. The molecule has 0 radical (unpaired) electrons. The number of hydrogen-bond acceptors (Lipinski definition) is 2. The summed E-state index contributed by atoms with van der Waals surface area (Å²) < 4.78 is 5.75. The fourth-order valence-corrected chi connectivity index (χ4v) is 2.39.